The van der Waals surface area contributed by atoms with Crippen molar-refractivity contribution in [2.45, 2.75) is 0 Å². The predicted molar refractivity (Wildman–Crippen MR) is 65.8 cm³/mol. The number of furan rings is 1. The van der Waals surface area contributed by atoms with Crippen molar-refractivity contribution in [1.82, 2.24) is 10.2 Å². The zero-order chi connectivity index (χ0) is 12.7. The summed E-state index contributed by atoms with van der Waals surface area (Å²) >= 11 is 6.03. The van der Waals surface area contributed by atoms with Crippen molar-refractivity contribution >= 4 is 28.5 Å². The molecule has 0 bridgehead atoms. The second-order valence-electron chi connectivity index (χ2n) is 3.73. The standard InChI is InChI=1S/C12H7ClN2O3/c13-7-2-1-3-10-6(7)4-11(18-10)8-5-9(12(16)17)15-14-8/h1-5H,(H,14,15)(H,16,17). The molecule has 2 heterocycles. The Morgan fingerprint density at radius 2 is 2.22 bits per heavy atom. The molecular weight excluding hydrogens is 256 g/mol. The number of aromatic amines is 1. The number of benzene rings is 1. The van der Waals surface area contributed by atoms with Crippen molar-refractivity contribution in [3.63, 3.8) is 0 Å². The third-order valence-corrected chi connectivity index (χ3v) is 2.90. The van der Waals surface area contributed by atoms with Crippen LogP contribution in [0.5, 0.6) is 0 Å². The Balaban J connectivity index is 2.13. The molecule has 0 aliphatic carbocycles. The van der Waals surface area contributed by atoms with Gasteiger partial charge in [-0.25, -0.2) is 4.79 Å². The quantitative estimate of drug-likeness (QED) is 0.743. The summed E-state index contributed by atoms with van der Waals surface area (Å²) < 4.78 is 5.58. The lowest BCUT2D eigenvalue weighted by atomic mass is 10.2. The van der Waals surface area contributed by atoms with E-state index < -0.39 is 5.97 Å². The summed E-state index contributed by atoms with van der Waals surface area (Å²) in [6, 6.07) is 8.50. The molecule has 0 unspecified atom stereocenters. The molecule has 0 saturated carbocycles. The number of aromatic carboxylic acids is 1. The number of hydrogen-bond donors (Lipinski definition) is 2. The van der Waals surface area contributed by atoms with Crippen LogP contribution in [0, 0.1) is 0 Å². The number of carbonyl (C=O) groups is 1. The third-order valence-electron chi connectivity index (χ3n) is 2.57. The second-order valence-corrected chi connectivity index (χ2v) is 4.14. The SMILES string of the molecule is O=C(O)c1cc(-c2cc3c(Cl)cccc3o2)[nH]n1. The number of rotatable bonds is 2. The van der Waals surface area contributed by atoms with Gasteiger partial charge in [-0.3, -0.25) is 5.10 Å². The van der Waals surface area contributed by atoms with Crippen LogP contribution in [0.1, 0.15) is 10.5 Å². The Hall–Kier alpha value is -2.27. The largest absolute Gasteiger partial charge is 0.476 e. The highest BCUT2D eigenvalue weighted by atomic mass is 35.5. The first-order valence-electron chi connectivity index (χ1n) is 5.12. The lowest BCUT2D eigenvalue weighted by Gasteiger charge is -1.88. The van der Waals surface area contributed by atoms with E-state index in [1.54, 1.807) is 24.3 Å². The maximum atomic E-state index is 10.7. The zero-order valence-corrected chi connectivity index (χ0v) is 9.73. The molecule has 2 aromatic heterocycles. The van der Waals surface area contributed by atoms with E-state index in [-0.39, 0.29) is 5.69 Å². The van der Waals surface area contributed by atoms with Crippen molar-refractivity contribution < 1.29 is 14.3 Å². The molecule has 0 saturated heterocycles. The number of nitrogens with zero attached hydrogens (tertiary/aromatic N) is 1. The molecule has 3 aromatic rings. The highest BCUT2D eigenvalue weighted by molar-refractivity contribution is 6.35. The van der Waals surface area contributed by atoms with Crippen LogP contribution in [0.3, 0.4) is 0 Å². The molecule has 90 valence electrons. The Morgan fingerprint density at radius 1 is 1.39 bits per heavy atom. The average molecular weight is 263 g/mol. The third kappa shape index (κ3) is 1.65. The lowest BCUT2D eigenvalue weighted by Crippen LogP contribution is -1.95. The predicted octanol–water partition coefficient (Wildman–Crippen LogP) is 3.17. The number of hydrogen-bond acceptors (Lipinski definition) is 3. The van der Waals surface area contributed by atoms with Gasteiger partial charge in [-0.2, -0.15) is 5.10 Å². The molecule has 0 aliphatic rings. The highest BCUT2D eigenvalue weighted by Crippen LogP contribution is 2.31. The molecule has 1 aromatic carbocycles. The minimum atomic E-state index is -1.09. The molecule has 0 aliphatic heterocycles. The second kappa shape index (κ2) is 3.89. The van der Waals surface area contributed by atoms with Crippen molar-refractivity contribution in [3.05, 3.63) is 41.0 Å². The van der Waals surface area contributed by atoms with Crippen LogP contribution in [-0.2, 0) is 0 Å². The Morgan fingerprint density at radius 3 is 2.89 bits per heavy atom. The van der Waals surface area contributed by atoms with Gasteiger partial charge in [0.1, 0.15) is 11.3 Å². The minimum Gasteiger partial charge on any atom is -0.476 e. The molecule has 0 radical (unpaired) electrons. The van der Waals surface area contributed by atoms with E-state index in [1.807, 2.05) is 0 Å². The van der Waals surface area contributed by atoms with E-state index in [4.69, 9.17) is 21.1 Å². The van der Waals surface area contributed by atoms with Gasteiger partial charge < -0.3 is 9.52 Å². The molecule has 6 heteroatoms. The molecular formula is C12H7ClN2O3. The fraction of sp³-hybridized carbons (Fsp3) is 0. The number of halogens is 1. The van der Waals surface area contributed by atoms with Gasteiger partial charge >= 0.3 is 5.97 Å². The average Bonchev–Trinajstić information content (AvgIpc) is 2.95. The number of carboxylic acid groups (broad SMARTS) is 1. The van der Waals surface area contributed by atoms with Crippen molar-refractivity contribution in [3.8, 4) is 11.5 Å². The van der Waals surface area contributed by atoms with Gasteiger partial charge in [0, 0.05) is 11.5 Å². The zero-order valence-electron chi connectivity index (χ0n) is 8.98. The molecule has 0 amide bonds. The number of carboxylic acids is 1. The number of fused-ring (bicyclic) bond motifs is 1. The maximum absolute atomic E-state index is 10.7. The van der Waals surface area contributed by atoms with Gasteiger partial charge in [0.2, 0.25) is 0 Å². The van der Waals surface area contributed by atoms with Crippen LogP contribution >= 0.6 is 11.6 Å². The van der Waals surface area contributed by atoms with Crippen LogP contribution in [0.15, 0.2) is 34.7 Å². The molecule has 3 rings (SSSR count). The first-order valence-corrected chi connectivity index (χ1v) is 5.50. The number of H-pyrrole nitrogens is 1. The summed E-state index contributed by atoms with van der Waals surface area (Å²) in [6.45, 7) is 0. The van der Waals surface area contributed by atoms with Crippen molar-refractivity contribution in [2.24, 2.45) is 0 Å². The maximum Gasteiger partial charge on any atom is 0.356 e. The van der Waals surface area contributed by atoms with E-state index in [9.17, 15) is 4.79 Å². The molecule has 0 fully saturated rings. The topological polar surface area (TPSA) is 79.1 Å². The van der Waals surface area contributed by atoms with Crippen LogP contribution in [-0.4, -0.2) is 21.3 Å². The Bertz CT molecular complexity index is 745. The smallest absolute Gasteiger partial charge is 0.356 e. The summed E-state index contributed by atoms with van der Waals surface area (Å²) in [5.41, 5.74) is 1.08. The molecule has 0 spiro atoms. The monoisotopic (exact) mass is 262 g/mol. The fourth-order valence-corrected chi connectivity index (χ4v) is 1.94. The first kappa shape index (κ1) is 10.9. The van der Waals surface area contributed by atoms with Gasteiger partial charge in [0.15, 0.2) is 11.5 Å². The summed E-state index contributed by atoms with van der Waals surface area (Å²) in [6.07, 6.45) is 0. The lowest BCUT2D eigenvalue weighted by molar-refractivity contribution is 0.0690. The summed E-state index contributed by atoms with van der Waals surface area (Å²) in [5.74, 6) is -0.593. The van der Waals surface area contributed by atoms with Gasteiger partial charge in [0.25, 0.3) is 0 Å². The highest BCUT2D eigenvalue weighted by Gasteiger charge is 2.13. The van der Waals surface area contributed by atoms with Crippen LogP contribution in [0.25, 0.3) is 22.4 Å². The van der Waals surface area contributed by atoms with E-state index in [0.29, 0.717) is 22.1 Å². The minimum absolute atomic E-state index is 0.0587. The van der Waals surface area contributed by atoms with Gasteiger partial charge in [-0.1, -0.05) is 17.7 Å². The molecule has 5 nitrogen and oxygen atoms in total. The summed E-state index contributed by atoms with van der Waals surface area (Å²) in [4.78, 5) is 10.7. The summed E-state index contributed by atoms with van der Waals surface area (Å²) in [7, 11) is 0. The van der Waals surface area contributed by atoms with Crippen molar-refractivity contribution in [1.29, 1.82) is 0 Å². The van der Waals surface area contributed by atoms with Crippen LogP contribution < -0.4 is 0 Å². The van der Waals surface area contributed by atoms with Crippen LogP contribution in [0.4, 0.5) is 0 Å². The van der Waals surface area contributed by atoms with Gasteiger partial charge in [-0.05, 0) is 18.2 Å². The molecule has 2 N–H and O–H groups in total. The van der Waals surface area contributed by atoms with E-state index in [0.717, 1.165) is 5.39 Å². The van der Waals surface area contributed by atoms with Gasteiger partial charge in [-0.15, -0.1) is 0 Å². The van der Waals surface area contributed by atoms with Crippen molar-refractivity contribution in [2.75, 3.05) is 0 Å². The van der Waals surface area contributed by atoms with Crippen LogP contribution in [0.2, 0.25) is 5.02 Å². The molecule has 18 heavy (non-hydrogen) atoms. The Kier molecular flexibility index (Phi) is 2.34. The Labute approximate surface area is 106 Å². The normalized spacial score (nSPS) is 10.9. The number of aromatic nitrogens is 2. The van der Waals surface area contributed by atoms with E-state index >= 15 is 0 Å². The van der Waals surface area contributed by atoms with E-state index in [2.05, 4.69) is 10.2 Å². The first-order chi connectivity index (χ1) is 8.65. The summed E-state index contributed by atoms with van der Waals surface area (Å²) in [5, 5.41) is 16.4. The molecule has 0 atom stereocenters. The number of nitrogens with one attached hydrogen (secondary N) is 1. The fourth-order valence-electron chi connectivity index (χ4n) is 1.72. The van der Waals surface area contributed by atoms with Gasteiger partial charge in [0.05, 0.1) is 5.02 Å². The van der Waals surface area contributed by atoms with E-state index in [1.165, 1.54) is 6.07 Å².